The molecule has 0 heterocycles. The van der Waals surface area contributed by atoms with Crippen LogP contribution in [-0.4, -0.2) is 47.4 Å². The number of nitrogens with one attached hydrogen (secondary N) is 1. The molecule has 0 radical (unpaired) electrons. The third kappa shape index (κ3) is 61.6. The van der Waals surface area contributed by atoms with Gasteiger partial charge in [-0.3, -0.25) is 9.59 Å². The van der Waals surface area contributed by atoms with Gasteiger partial charge in [0.25, 0.3) is 0 Å². The number of unbranched alkanes of at least 4 members (excludes halogenated alkanes) is 52. The van der Waals surface area contributed by atoms with Crippen molar-refractivity contribution in [3.8, 4) is 0 Å². The molecule has 0 aromatic carbocycles. The highest BCUT2D eigenvalue weighted by Gasteiger charge is 2.18. The van der Waals surface area contributed by atoms with Crippen LogP contribution in [0.3, 0.4) is 0 Å². The minimum Gasteiger partial charge on any atom is -0.466 e. The Kier molecular flexibility index (Phi) is 64.4. The van der Waals surface area contributed by atoms with Gasteiger partial charge in [-0.05, 0) is 57.8 Å². The summed E-state index contributed by atoms with van der Waals surface area (Å²) in [7, 11) is 0. The van der Waals surface area contributed by atoms with E-state index >= 15 is 0 Å². The smallest absolute Gasteiger partial charge is 0.305 e. The van der Waals surface area contributed by atoms with E-state index in [-0.39, 0.29) is 18.5 Å². The SMILES string of the molecule is CCCCCCCCCCCCCC/C=C/C(O)C(CO)NC(=O)CCCCCCCCCCCCCCCC/C=C\CCCCCCCCCCCCCCOC(=O)CCCCCCCCCCCCCCCCC. The van der Waals surface area contributed by atoms with Gasteiger partial charge >= 0.3 is 5.97 Å². The van der Waals surface area contributed by atoms with Crippen molar-refractivity contribution in [2.45, 2.75) is 398 Å². The number of amides is 1. The summed E-state index contributed by atoms with van der Waals surface area (Å²) in [5, 5.41) is 23.1. The largest absolute Gasteiger partial charge is 0.466 e. The van der Waals surface area contributed by atoms with Crippen LogP contribution in [0.2, 0.25) is 0 Å². The zero-order valence-electron chi connectivity index (χ0n) is 51.5. The van der Waals surface area contributed by atoms with Crippen LogP contribution in [0.5, 0.6) is 0 Å². The average Bonchev–Trinajstić information content (AvgIpc) is 3.42. The first kappa shape index (κ1) is 74.3. The Morgan fingerprint density at radius 1 is 0.355 bits per heavy atom. The summed E-state index contributed by atoms with van der Waals surface area (Å²) in [6.45, 7) is 4.94. The number of esters is 1. The summed E-state index contributed by atoms with van der Waals surface area (Å²) in [6, 6.07) is -0.626. The van der Waals surface area contributed by atoms with Crippen molar-refractivity contribution in [2.24, 2.45) is 0 Å². The van der Waals surface area contributed by atoms with E-state index in [0.29, 0.717) is 19.4 Å². The maximum atomic E-state index is 12.5. The van der Waals surface area contributed by atoms with E-state index in [0.717, 1.165) is 38.5 Å². The van der Waals surface area contributed by atoms with Gasteiger partial charge in [-0.2, -0.15) is 0 Å². The zero-order chi connectivity index (χ0) is 55.0. The molecule has 0 rings (SSSR count). The van der Waals surface area contributed by atoms with Gasteiger partial charge in [0, 0.05) is 12.8 Å². The average molecular weight is 1070 g/mol. The van der Waals surface area contributed by atoms with Gasteiger partial charge < -0.3 is 20.3 Å². The van der Waals surface area contributed by atoms with Crippen molar-refractivity contribution in [2.75, 3.05) is 13.2 Å². The van der Waals surface area contributed by atoms with Crippen LogP contribution in [0.15, 0.2) is 24.3 Å². The van der Waals surface area contributed by atoms with E-state index < -0.39 is 12.1 Å². The third-order valence-corrected chi connectivity index (χ3v) is 16.2. The highest BCUT2D eigenvalue weighted by Crippen LogP contribution is 2.18. The monoisotopic (exact) mass is 1070 g/mol. The summed E-state index contributed by atoms with van der Waals surface area (Å²) in [6.07, 6.45) is 82.6. The molecule has 2 atom stereocenters. The van der Waals surface area contributed by atoms with E-state index in [1.54, 1.807) is 6.08 Å². The summed E-state index contributed by atoms with van der Waals surface area (Å²) in [5.41, 5.74) is 0. The fourth-order valence-electron chi connectivity index (χ4n) is 10.9. The van der Waals surface area contributed by atoms with E-state index in [1.165, 1.54) is 321 Å². The molecular formula is C70H135NO5. The molecule has 450 valence electrons. The first-order chi connectivity index (χ1) is 37.5. The second-order valence-electron chi connectivity index (χ2n) is 23.9. The second-order valence-corrected chi connectivity index (χ2v) is 23.9. The molecule has 0 bridgehead atoms. The second kappa shape index (κ2) is 65.9. The molecule has 0 spiro atoms. The van der Waals surface area contributed by atoms with E-state index in [4.69, 9.17) is 4.74 Å². The van der Waals surface area contributed by atoms with Crippen LogP contribution >= 0.6 is 0 Å². The van der Waals surface area contributed by atoms with Gasteiger partial charge in [0.1, 0.15) is 0 Å². The number of ether oxygens (including phenoxy) is 1. The number of aliphatic hydroxyl groups excluding tert-OH is 2. The lowest BCUT2D eigenvalue weighted by molar-refractivity contribution is -0.143. The molecule has 2 unspecified atom stereocenters. The van der Waals surface area contributed by atoms with Gasteiger partial charge in [-0.25, -0.2) is 0 Å². The fourth-order valence-corrected chi connectivity index (χ4v) is 10.9. The van der Waals surface area contributed by atoms with Crippen LogP contribution < -0.4 is 5.32 Å². The lowest BCUT2D eigenvalue weighted by Crippen LogP contribution is -2.45. The zero-order valence-corrected chi connectivity index (χ0v) is 51.5. The number of hydrogen-bond donors (Lipinski definition) is 3. The Morgan fingerprint density at radius 3 is 0.934 bits per heavy atom. The van der Waals surface area contributed by atoms with Crippen molar-refractivity contribution in [3.05, 3.63) is 24.3 Å². The molecule has 0 aliphatic heterocycles. The Morgan fingerprint density at radius 2 is 0.618 bits per heavy atom. The van der Waals surface area contributed by atoms with Crippen molar-refractivity contribution >= 4 is 11.9 Å². The van der Waals surface area contributed by atoms with Crippen molar-refractivity contribution < 1.29 is 24.5 Å². The maximum Gasteiger partial charge on any atom is 0.305 e. The molecular weight excluding hydrogens is 935 g/mol. The molecule has 1 amide bonds. The number of aliphatic hydroxyl groups is 2. The molecule has 6 nitrogen and oxygen atoms in total. The Balaban J connectivity index is 3.36. The number of carbonyl (C=O) groups excluding carboxylic acids is 2. The maximum absolute atomic E-state index is 12.5. The van der Waals surface area contributed by atoms with Gasteiger partial charge in [0.2, 0.25) is 5.91 Å². The Bertz CT molecular complexity index is 1190. The molecule has 0 saturated heterocycles. The quantitative estimate of drug-likeness (QED) is 0.0320. The number of carbonyl (C=O) groups is 2. The van der Waals surface area contributed by atoms with Crippen molar-refractivity contribution in [1.29, 1.82) is 0 Å². The first-order valence-corrected chi connectivity index (χ1v) is 34.6. The highest BCUT2D eigenvalue weighted by molar-refractivity contribution is 5.76. The minimum atomic E-state index is -0.842. The van der Waals surface area contributed by atoms with Crippen LogP contribution in [0.25, 0.3) is 0 Å². The van der Waals surface area contributed by atoms with Crippen molar-refractivity contribution in [3.63, 3.8) is 0 Å². The van der Waals surface area contributed by atoms with Crippen LogP contribution in [0, 0.1) is 0 Å². The van der Waals surface area contributed by atoms with Crippen molar-refractivity contribution in [1.82, 2.24) is 5.32 Å². The lowest BCUT2D eigenvalue weighted by Gasteiger charge is -2.20. The van der Waals surface area contributed by atoms with Gasteiger partial charge in [0.05, 0.1) is 25.4 Å². The third-order valence-electron chi connectivity index (χ3n) is 16.2. The molecule has 0 saturated carbocycles. The molecule has 0 aromatic rings. The van der Waals surface area contributed by atoms with E-state index in [9.17, 15) is 19.8 Å². The number of hydrogen-bond acceptors (Lipinski definition) is 5. The van der Waals surface area contributed by atoms with Gasteiger partial charge in [0.15, 0.2) is 0 Å². The van der Waals surface area contributed by atoms with Gasteiger partial charge in [-0.1, -0.05) is 340 Å². The summed E-state index contributed by atoms with van der Waals surface area (Å²) < 4.78 is 5.50. The number of rotatable bonds is 65. The Labute approximate surface area is 475 Å². The van der Waals surface area contributed by atoms with Crippen LogP contribution in [0.1, 0.15) is 386 Å². The molecule has 0 aliphatic rings. The number of allylic oxidation sites excluding steroid dienone is 3. The minimum absolute atomic E-state index is 0.0202. The molecule has 0 aliphatic carbocycles. The predicted molar refractivity (Wildman–Crippen MR) is 333 cm³/mol. The standard InChI is InChI=1S/C70H135NO5/c1-3-5-7-9-11-13-15-17-35-40-44-48-52-56-60-64-70(75)76-65-61-57-53-49-45-41-37-34-32-30-28-26-24-22-20-19-21-23-25-27-29-31-33-36-39-43-47-51-55-59-63-69(74)71-67(66-72)68(73)62-58-54-50-46-42-38-18-16-14-12-10-8-6-4-2/h20,22,58,62,67-68,72-73H,3-19,21,23-57,59-61,63-66H2,1-2H3,(H,71,74)/b22-20-,62-58+. The fraction of sp³-hybridized carbons (Fsp3) is 0.914. The summed E-state index contributed by atoms with van der Waals surface area (Å²) >= 11 is 0. The molecule has 3 N–H and O–H groups in total. The van der Waals surface area contributed by atoms with Crippen LogP contribution in [-0.2, 0) is 14.3 Å². The predicted octanol–water partition coefficient (Wildman–Crippen LogP) is 22.1. The lowest BCUT2D eigenvalue weighted by atomic mass is 10.0. The molecule has 76 heavy (non-hydrogen) atoms. The van der Waals surface area contributed by atoms with E-state index in [1.807, 2.05) is 6.08 Å². The van der Waals surface area contributed by atoms with E-state index in [2.05, 4.69) is 31.3 Å². The van der Waals surface area contributed by atoms with Gasteiger partial charge in [-0.15, -0.1) is 0 Å². The summed E-state index contributed by atoms with van der Waals surface area (Å²) in [5.74, 6) is -0.0443. The molecule has 0 fully saturated rings. The molecule has 6 heteroatoms. The summed E-state index contributed by atoms with van der Waals surface area (Å²) in [4.78, 5) is 24.5. The topological polar surface area (TPSA) is 95.9 Å². The molecule has 0 aromatic heterocycles. The first-order valence-electron chi connectivity index (χ1n) is 34.6. The Hall–Kier alpha value is -1.66. The highest BCUT2D eigenvalue weighted by atomic mass is 16.5. The van der Waals surface area contributed by atoms with Crippen LogP contribution in [0.4, 0.5) is 0 Å². The normalized spacial score (nSPS) is 12.6.